The van der Waals surface area contributed by atoms with E-state index in [-0.39, 0.29) is 11.8 Å². The van der Waals surface area contributed by atoms with E-state index in [1.807, 2.05) is 5.38 Å². The molecule has 2 heterocycles. The van der Waals surface area contributed by atoms with Gasteiger partial charge in [-0.3, -0.25) is 19.5 Å². The van der Waals surface area contributed by atoms with Crippen LogP contribution in [0.3, 0.4) is 0 Å². The van der Waals surface area contributed by atoms with Gasteiger partial charge in [-0.1, -0.05) is 25.5 Å². The number of aryl methyl sites for hydroxylation is 1. The average molecular weight is 385 g/mol. The maximum absolute atomic E-state index is 12.3. The van der Waals surface area contributed by atoms with Gasteiger partial charge in [-0.2, -0.15) is 0 Å². The Labute approximate surface area is 162 Å². The smallest absolute Gasteiger partial charge is 0.261 e. The lowest BCUT2D eigenvalue weighted by Crippen LogP contribution is -2.31. The molecule has 3 rings (SSSR count). The van der Waals surface area contributed by atoms with Crippen LogP contribution in [0.1, 0.15) is 52.6 Å². The third-order valence-corrected chi connectivity index (χ3v) is 5.08. The maximum atomic E-state index is 12.3. The standard InChI is InChI=1S/C19H23N5O2S/c1-2-3-10-21-18(20)23-19-22-13(12-27-19)7-6-11-24-16(25)14-8-4-5-9-15(14)17(24)26/h4-5,8-9,12H,2-3,6-7,10-11H2,1H3,(H3,20,21,22,23). The highest BCUT2D eigenvalue weighted by Crippen LogP contribution is 2.23. The molecule has 8 heteroatoms. The number of amides is 2. The first-order valence-corrected chi connectivity index (χ1v) is 9.94. The lowest BCUT2D eigenvalue weighted by atomic mass is 10.1. The maximum Gasteiger partial charge on any atom is 0.261 e. The summed E-state index contributed by atoms with van der Waals surface area (Å²) in [5.41, 5.74) is 7.71. The van der Waals surface area contributed by atoms with Crippen LogP contribution in [0.15, 0.2) is 34.6 Å². The van der Waals surface area contributed by atoms with Crippen LogP contribution in [0.5, 0.6) is 0 Å². The summed E-state index contributed by atoms with van der Waals surface area (Å²) in [6.45, 7) is 3.19. The Morgan fingerprint density at radius 1 is 1.22 bits per heavy atom. The minimum Gasteiger partial charge on any atom is -0.370 e. The molecule has 1 aliphatic rings. The predicted octanol–water partition coefficient (Wildman–Crippen LogP) is 2.90. The van der Waals surface area contributed by atoms with E-state index in [1.165, 1.54) is 16.2 Å². The largest absolute Gasteiger partial charge is 0.370 e. The third kappa shape index (κ3) is 4.51. The van der Waals surface area contributed by atoms with Crippen LogP contribution in [-0.2, 0) is 6.42 Å². The average Bonchev–Trinajstić information content (AvgIpc) is 3.20. The number of hydrogen-bond acceptors (Lipinski definition) is 5. The lowest BCUT2D eigenvalue weighted by Gasteiger charge is -2.12. The number of rotatable bonds is 8. The molecule has 0 saturated heterocycles. The topological polar surface area (TPSA) is 101 Å². The predicted molar refractivity (Wildman–Crippen MR) is 107 cm³/mol. The minimum absolute atomic E-state index is 0.215. The van der Waals surface area contributed by atoms with Crippen molar-refractivity contribution in [2.45, 2.75) is 32.6 Å². The van der Waals surface area contributed by atoms with E-state index < -0.39 is 0 Å². The molecule has 0 bridgehead atoms. The molecule has 27 heavy (non-hydrogen) atoms. The number of nitrogens with zero attached hydrogens (tertiary/aromatic N) is 3. The van der Waals surface area contributed by atoms with E-state index in [0.29, 0.717) is 48.1 Å². The van der Waals surface area contributed by atoms with Gasteiger partial charge in [0.15, 0.2) is 11.1 Å². The number of aromatic nitrogens is 1. The lowest BCUT2D eigenvalue weighted by molar-refractivity contribution is 0.0652. The van der Waals surface area contributed by atoms with E-state index in [0.717, 1.165) is 18.5 Å². The number of benzene rings is 1. The van der Waals surface area contributed by atoms with Crippen molar-refractivity contribution in [1.29, 1.82) is 0 Å². The highest BCUT2D eigenvalue weighted by atomic mass is 32.1. The second kappa shape index (κ2) is 8.77. The molecule has 0 aliphatic carbocycles. The molecule has 2 amide bonds. The van der Waals surface area contributed by atoms with Crippen molar-refractivity contribution < 1.29 is 9.59 Å². The number of nitrogens with one attached hydrogen (secondary N) is 1. The first kappa shape index (κ1) is 19.0. The van der Waals surface area contributed by atoms with E-state index >= 15 is 0 Å². The summed E-state index contributed by atoms with van der Waals surface area (Å²) in [5.74, 6) is -0.0602. The van der Waals surface area contributed by atoms with Crippen LogP contribution in [0, 0.1) is 0 Å². The number of nitrogens with two attached hydrogens (primary N) is 1. The normalized spacial score (nSPS) is 14.0. The van der Waals surface area contributed by atoms with Crippen molar-refractivity contribution in [3.05, 3.63) is 46.5 Å². The van der Waals surface area contributed by atoms with Gasteiger partial charge in [0.1, 0.15) is 0 Å². The highest BCUT2D eigenvalue weighted by molar-refractivity contribution is 7.13. The summed E-state index contributed by atoms with van der Waals surface area (Å²) in [4.78, 5) is 34.7. The van der Waals surface area contributed by atoms with Crippen LogP contribution in [0.25, 0.3) is 0 Å². The van der Waals surface area contributed by atoms with Crippen molar-refractivity contribution in [1.82, 2.24) is 9.88 Å². The summed E-state index contributed by atoms with van der Waals surface area (Å²) < 4.78 is 0. The van der Waals surface area contributed by atoms with Gasteiger partial charge in [-0.15, -0.1) is 11.3 Å². The number of fused-ring (bicyclic) bond motifs is 1. The van der Waals surface area contributed by atoms with Crippen molar-refractivity contribution in [2.24, 2.45) is 10.7 Å². The molecule has 1 aliphatic heterocycles. The van der Waals surface area contributed by atoms with Crippen LogP contribution < -0.4 is 11.1 Å². The zero-order valence-electron chi connectivity index (χ0n) is 15.3. The van der Waals surface area contributed by atoms with Crippen molar-refractivity contribution in [3.63, 3.8) is 0 Å². The van der Waals surface area contributed by atoms with Gasteiger partial charge in [-0.25, -0.2) is 4.98 Å². The molecule has 0 fully saturated rings. The number of unbranched alkanes of at least 4 members (excludes halogenated alkanes) is 1. The second-order valence-electron chi connectivity index (χ2n) is 6.30. The van der Waals surface area contributed by atoms with Gasteiger partial charge in [0.05, 0.1) is 16.8 Å². The number of hydrogen-bond donors (Lipinski definition) is 2. The molecule has 0 spiro atoms. The number of carbonyl (C=O) groups is 2. The Bertz CT molecular complexity index is 826. The summed E-state index contributed by atoms with van der Waals surface area (Å²) in [6, 6.07) is 6.93. The molecule has 1 aromatic carbocycles. The fourth-order valence-electron chi connectivity index (χ4n) is 2.85. The van der Waals surface area contributed by atoms with Gasteiger partial charge < -0.3 is 11.1 Å². The summed E-state index contributed by atoms with van der Waals surface area (Å²) in [6.07, 6.45) is 3.42. The van der Waals surface area contributed by atoms with E-state index in [2.05, 4.69) is 22.2 Å². The van der Waals surface area contributed by atoms with Crippen molar-refractivity contribution >= 4 is 34.2 Å². The van der Waals surface area contributed by atoms with E-state index in [4.69, 9.17) is 5.73 Å². The highest BCUT2D eigenvalue weighted by Gasteiger charge is 2.34. The van der Waals surface area contributed by atoms with Crippen LogP contribution >= 0.6 is 11.3 Å². The number of aliphatic imine (C=N–C) groups is 1. The van der Waals surface area contributed by atoms with Gasteiger partial charge in [-0.05, 0) is 31.4 Å². The third-order valence-electron chi connectivity index (χ3n) is 4.27. The first-order valence-electron chi connectivity index (χ1n) is 9.06. The van der Waals surface area contributed by atoms with Crippen LogP contribution in [0.4, 0.5) is 5.13 Å². The van der Waals surface area contributed by atoms with Crippen molar-refractivity contribution in [3.8, 4) is 0 Å². The molecule has 0 radical (unpaired) electrons. The zero-order chi connectivity index (χ0) is 19.2. The Morgan fingerprint density at radius 2 is 1.93 bits per heavy atom. The fraction of sp³-hybridized carbons (Fsp3) is 0.368. The fourth-order valence-corrected chi connectivity index (χ4v) is 3.60. The molecule has 142 valence electrons. The molecule has 1 aromatic heterocycles. The van der Waals surface area contributed by atoms with Crippen LogP contribution in [0.2, 0.25) is 0 Å². The first-order chi connectivity index (χ1) is 13.1. The molecule has 7 nitrogen and oxygen atoms in total. The number of anilines is 1. The van der Waals surface area contributed by atoms with Gasteiger partial charge >= 0.3 is 0 Å². The Hall–Kier alpha value is -2.74. The molecule has 3 N–H and O–H groups in total. The van der Waals surface area contributed by atoms with Crippen LogP contribution in [-0.4, -0.2) is 40.7 Å². The van der Waals surface area contributed by atoms with Gasteiger partial charge in [0.2, 0.25) is 0 Å². The Kier molecular flexibility index (Phi) is 6.18. The molecule has 0 saturated carbocycles. The van der Waals surface area contributed by atoms with Gasteiger partial charge in [0.25, 0.3) is 11.8 Å². The Morgan fingerprint density at radius 3 is 2.59 bits per heavy atom. The number of thiazole rings is 1. The van der Waals surface area contributed by atoms with Crippen molar-refractivity contribution in [2.75, 3.05) is 18.4 Å². The number of carbonyl (C=O) groups excluding carboxylic acids is 2. The SMILES string of the molecule is CCCCN=C(N)Nc1nc(CCCN2C(=O)c3ccccc3C2=O)cs1. The molecule has 0 unspecified atom stereocenters. The molecular formula is C19H23N5O2S. The molecule has 2 aromatic rings. The summed E-state index contributed by atoms with van der Waals surface area (Å²) in [7, 11) is 0. The Balaban J connectivity index is 1.49. The molecular weight excluding hydrogens is 362 g/mol. The van der Waals surface area contributed by atoms with E-state index in [9.17, 15) is 9.59 Å². The monoisotopic (exact) mass is 385 g/mol. The quantitative estimate of drug-likeness (QED) is 0.315. The second-order valence-corrected chi connectivity index (χ2v) is 7.16. The van der Waals surface area contributed by atoms with Gasteiger partial charge in [0, 0.05) is 18.5 Å². The number of guanidine groups is 1. The molecule has 0 atom stereocenters. The van der Waals surface area contributed by atoms with E-state index in [1.54, 1.807) is 24.3 Å². The summed E-state index contributed by atoms with van der Waals surface area (Å²) >= 11 is 1.46. The minimum atomic E-state index is -0.215. The summed E-state index contributed by atoms with van der Waals surface area (Å²) in [5, 5.41) is 5.64. The number of imide groups is 1. The zero-order valence-corrected chi connectivity index (χ0v) is 16.1.